The monoisotopic (exact) mass is 420 g/mol. The number of hydrogen-bond donors (Lipinski definition) is 2. The number of carbonyl (C=O) groups is 1. The number of amides is 1. The molecule has 1 saturated heterocycles. The average molecular weight is 420 g/mol. The predicted octanol–water partition coefficient (Wildman–Crippen LogP) is 2.16. The molecule has 29 heavy (non-hydrogen) atoms. The Morgan fingerprint density at radius 3 is 2.38 bits per heavy atom. The Morgan fingerprint density at radius 1 is 1.07 bits per heavy atom. The number of piperidine rings is 1. The molecule has 2 N–H and O–H groups in total. The van der Waals surface area contributed by atoms with Gasteiger partial charge >= 0.3 is 10.3 Å². The van der Waals surface area contributed by atoms with Crippen LogP contribution in [0.15, 0.2) is 48.5 Å². The maximum atomic E-state index is 13.0. The van der Waals surface area contributed by atoms with Gasteiger partial charge in [0.1, 0.15) is 11.5 Å². The number of hydrogen-bond acceptors (Lipinski definition) is 6. The van der Waals surface area contributed by atoms with Crippen LogP contribution in [-0.4, -0.2) is 46.2 Å². The number of anilines is 1. The molecule has 3 rings (SSSR count). The number of nitrogens with zero attached hydrogens (tertiary/aromatic N) is 1. The number of methoxy groups -OCH3 is 2. The Kier molecular flexibility index (Phi) is 5.99. The van der Waals surface area contributed by atoms with Gasteiger partial charge in [-0.3, -0.25) is 9.35 Å². The van der Waals surface area contributed by atoms with Gasteiger partial charge in [-0.2, -0.15) is 8.42 Å². The molecule has 156 valence electrons. The van der Waals surface area contributed by atoms with E-state index in [0.717, 1.165) is 11.4 Å². The van der Waals surface area contributed by atoms with Gasteiger partial charge in [0.2, 0.25) is 5.91 Å². The fourth-order valence-electron chi connectivity index (χ4n) is 3.80. The van der Waals surface area contributed by atoms with Gasteiger partial charge < -0.3 is 14.4 Å². The van der Waals surface area contributed by atoms with Crippen LogP contribution in [0.1, 0.15) is 18.4 Å². The quantitative estimate of drug-likeness (QED) is 0.690. The van der Waals surface area contributed by atoms with Crippen molar-refractivity contribution in [1.82, 2.24) is 4.72 Å². The Hall–Kier alpha value is -2.78. The molecule has 0 spiro atoms. The summed E-state index contributed by atoms with van der Waals surface area (Å²) in [5.41, 5.74) is 0.421. The number of carbonyl (C=O) groups excluding carboxylic acids is 1. The van der Waals surface area contributed by atoms with Gasteiger partial charge in [0.05, 0.1) is 25.3 Å². The SMILES string of the molecule is COc1cccc(C2(C(=O)NS(=O)(=O)O)CCN(c3ccccc3OC)CC2)c1. The molecule has 0 aliphatic carbocycles. The highest BCUT2D eigenvalue weighted by Crippen LogP contribution is 2.40. The number of benzene rings is 2. The van der Waals surface area contributed by atoms with Gasteiger partial charge in [0, 0.05) is 13.1 Å². The molecule has 0 atom stereocenters. The van der Waals surface area contributed by atoms with Crippen LogP contribution in [0.5, 0.6) is 11.5 Å². The summed E-state index contributed by atoms with van der Waals surface area (Å²) >= 11 is 0. The average Bonchev–Trinajstić information content (AvgIpc) is 2.72. The first-order valence-electron chi connectivity index (χ1n) is 9.11. The van der Waals surface area contributed by atoms with Gasteiger partial charge in [-0.05, 0) is 42.7 Å². The lowest BCUT2D eigenvalue weighted by Gasteiger charge is -2.42. The van der Waals surface area contributed by atoms with Crippen molar-refractivity contribution in [2.75, 3.05) is 32.2 Å². The Labute approximate surface area is 170 Å². The summed E-state index contributed by atoms with van der Waals surface area (Å²) in [4.78, 5) is 15.1. The first kappa shape index (κ1) is 20.9. The molecular formula is C20H24N2O6S. The van der Waals surface area contributed by atoms with E-state index in [2.05, 4.69) is 4.90 Å². The zero-order valence-corrected chi connectivity index (χ0v) is 17.1. The third-order valence-corrected chi connectivity index (χ3v) is 5.76. The van der Waals surface area contributed by atoms with E-state index in [1.807, 2.05) is 24.3 Å². The second kappa shape index (κ2) is 8.30. The fourth-order valence-corrected chi connectivity index (χ4v) is 4.23. The third kappa shape index (κ3) is 4.46. The summed E-state index contributed by atoms with van der Waals surface area (Å²) in [7, 11) is -1.55. The highest BCUT2D eigenvalue weighted by molar-refractivity contribution is 7.84. The summed E-state index contributed by atoms with van der Waals surface area (Å²) in [5, 5.41) is 0. The molecule has 0 aromatic heterocycles. The van der Waals surface area contributed by atoms with Crippen LogP contribution >= 0.6 is 0 Å². The summed E-state index contributed by atoms with van der Waals surface area (Å²) in [6, 6.07) is 14.6. The van der Waals surface area contributed by atoms with Crippen molar-refractivity contribution in [2.24, 2.45) is 0 Å². The van der Waals surface area contributed by atoms with E-state index in [1.54, 1.807) is 36.1 Å². The van der Waals surface area contributed by atoms with E-state index in [-0.39, 0.29) is 0 Å². The molecule has 1 aliphatic rings. The minimum atomic E-state index is -4.68. The lowest BCUT2D eigenvalue weighted by Crippen LogP contribution is -2.53. The summed E-state index contributed by atoms with van der Waals surface area (Å²) in [6.07, 6.45) is 0.694. The molecule has 2 aromatic rings. The Balaban J connectivity index is 1.95. The second-order valence-corrected chi connectivity index (χ2v) is 8.03. The van der Waals surface area contributed by atoms with Crippen molar-refractivity contribution < 1.29 is 27.2 Å². The zero-order chi connectivity index (χ0) is 21.1. The molecule has 2 aromatic carbocycles. The van der Waals surface area contributed by atoms with E-state index in [0.29, 0.717) is 37.2 Å². The van der Waals surface area contributed by atoms with E-state index >= 15 is 0 Å². The molecular weight excluding hydrogens is 396 g/mol. The molecule has 9 heteroatoms. The molecule has 1 aliphatic heterocycles. The number of para-hydroxylation sites is 2. The summed E-state index contributed by atoms with van der Waals surface area (Å²) in [6.45, 7) is 0.993. The molecule has 0 saturated carbocycles. The van der Waals surface area contributed by atoms with Crippen LogP contribution < -0.4 is 19.1 Å². The van der Waals surface area contributed by atoms with Crippen LogP contribution in [0.4, 0.5) is 5.69 Å². The minimum Gasteiger partial charge on any atom is -0.497 e. The molecule has 0 bridgehead atoms. The largest absolute Gasteiger partial charge is 0.497 e. The first-order valence-corrected chi connectivity index (χ1v) is 10.6. The van der Waals surface area contributed by atoms with Crippen molar-refractivity contribution in [3.05, 3.63) is 54.1 Å². The minimum absolute atomic E-state index is 0.347. The van der Waals surface area contributed by atoms with Crippen LogP contribution in [0.2, 0.25) is 0 Å². The van der Waals surface area contributed by atoms with Crippen molar-refractivity contribution in [1.29, 1.82) is 0 Å². The molecule has 1 heterocycles. The standard InChI is InChI=1S/C20H24N2O6S/c1-27-16-7-5-6-15(14-16)20(19(23)21-29(24,25)26)10-12-22(13-11-20)17-8-3-4-9-18(17)28-2/h3-9,14H,10-13H2,1-2H3,(H,21,23)(H,24,25,26). The number of rotatable bonds is 6. The summed E-state index contributed by atoms with van der Waals surface area (Å²) < 4.78 is 44.3. The highest BCUT2D eigenvalue weighted by Gasteiger charge is 2.44. The van der Waals surface area contributed by atoms with Gasteiger partial charge in [-0.25, -0.2) is 4.72 Å². The maximum absolute atomic E-state index is 13.0. The van der Waals surface area contributed by atoms with Crippen LogP contribution in [0.25, 0.3) is 0 Å². The maximum Gasteiger partial charge on any atom is 0.359 e. The van der Waals surface area contributed by atoms with E-state index in [1.165, 1.54) is 7.11 Å². The van der Waals surface area contributed by atoms with Crippen molar-refractivity contribution >= 4 is 21.9 Å². The lowest BCUT2D eigenvalue weighted by molar-refractivity contribution is -0.125. The van der Waals surface area contributed by atoms with E-state index in [4.69, 9.17) is 14.0 Å². The van der Waals surface area contributed by atoms with Gasteiger partial charge in [0.15, 0.2) is 0 Å². The lowest BCUT2D eigenvalue weighted by atomic mass is 9.72. The van der Waals surface area contributed by atoms with Crippen LogP contribution in [-0.2, 0) is 20.5 Å². The van der Waals surface area contributed by atoms with Crippen molar-refractivity contribution in [2.45, 2.75) is 18.3 Å². The molecule has 8 nitrogen and oxygen atoms in total. The van der Waals surface area contributed by atoms with E-state index < -0.39 is 21.6 Å². The molecule has 1 fully saturated rings. The van der Waals surface area contributed by atoms with Gasteiger partial charge in [0.25, 0.3) is 0 Å². The summed E-state index contributed by atoms with van der Waals surface area (Å²) in [5.74, 6) is 0.533. The van der Waals surface area contributed by atoms with Crippen LogP contribution in [0.3, 0.4) is 0 Å². The molecule has 0 radical (unpaired) electrons. The number of ether oxygens (including phenoxy) is 2. The second-order valence-electron chi connectivity index (χ2n) is 6.88. The molecule has 0 unspecified atom stereocenters. The van der Waals surface area contributed by atoms with Gasteiger partial charge in [-0.1, -0.05) is 24.3 Å². The van der Waals surface area contributed by atoms with Crippen molar-refractivity contribution in [3.63, 3.8) is 0 Å². The third-order valence-electron chi connectivity index (χ3n) is 5.32. The normalized spacial score (nSPS) is 16.2. The Morgan fingerprint density at radius 2 is 1.76 bits per heavy atom. The van der Waals surface area contributed by atoms with E-state index in [9.17, 15) is 13.2 Å². The fraction of sp³-hybridized carbons (Fsp3) is 0.350. The first-order chi connectivity index (χ1) is 13.8. The van der Waals surface area contributed by atoms with Crippen molar-refractivity contribution in [3.8, 4) is 11.5 Å². The van der Waals surface area contributed by atoms with Gasteiger partial charge in [-0.15, -0.1) is 0 Å². The smallest absolute Gasteiger partial charge is 0.359 e. The zero-order valence-electron chi connectivity index (χ0n) is 16.3. The molecule has 1 amide bonds. The topological polar surface area (TPSA) is 105 Å². The Bertz CT molecular complexity index is 984. The van der Waals surface area contributed by atoms with Crippen LogP contribution in [0, 0.1) is 0 Å². The highest BCUT2D eigenvalue weighted by atomic mass is 32.2. The predicted molar refractivity (Wildman–Crippen MR) is 109 cm³/mol. The number of nitrogens with one attached hydrogen (secondary N) is 1.